The molecule has 1 aromatic heterocycles. The maximum Gasteiger partial charge on any atom is 0.0537 e. The van der Waals surface area contributed by atoms with Gasteiger partial charge >= 0.3 is 0 Å². The zero-order valence-electron chi connectivity index (χ0n) is 12.5. The minimum Gasteiger partial charge on any atom is -0.310 e. The summed E-state index contributed by atoms with van der Waals surface area (Å²) >= 11 is 0. The third-order valence-electron chi connectivity index (χ3n) is 3.58. The van der Waals surface area contributed by atoms with E-state index < -0.39 is 0 Å². The standard InChI is InChI=1S/C17H25N3/c1-3-12-18-17(16-13-19-20(4-2)14-16)11-10-15-8-6-5-7-9-15/h5-9,13-14,17-18H,3-4,10-12H2,1-2H3. The van der Waals surface area contributed by atoms with E-state index in [4.69, 9.17) is 0 Å². The van der Waals surface area contributed by atoms with Crippen molar-refractivity contribution >= 4 is 0 Å². The normalized spacial score (nSPS) is 12.5. The number of aryl methyl sites for hydroxylation is 2. The van der Waals surface area contributed by atoms with Crippen LogP contribution in [0.5, 0.6) is 0 Å². The molecule has 0 aliphatic heterocycles. The molecule has 1 atom stereocenters. The van der Waals surface area contributed by atoms with Gasteiger partial charge in [0.1, 0.15) is 0 Å². The molecule has 0 fully saturated rings. The molecule has 0 aliphatic rings. The molecule has 3 nitrogen and oxygen atoms in total. The summed E-state index contributed by atoms with van der Waals surface area (Å²) in [5.74, 6) is 0. The van der Waals surface area contributed by atoms with Crippen molar-refractivity contribution in [2.75, 3.05) is 6.54 Å². The molecule has 3 heteroatoms. The van der Waals surface area contributed by atoms with Gasteiger partial charge in [-0.15, -0.1) is 0 Å². The fourth-order valence-corrected chi connectivity index (χ4v) is 2.39. The van der Waals surface area contributed by atoms with E-state index in [0.29, 0.717) is 6.04 Å². The number of rotatable bonds is 8. The van der Waals surface area contributed by atoms with Crippen LogP contribution in [0, 0.1) is 0 Å². The van der Waals surface area contributed by atoms with Crippen molar-refractivity contribution in [3.63, 3.8) is 0 Å². The van der Waals surface area contributed by atoms with Crippen molar-refractivity contribution < 1.29 is 0 Å². The molecule has 1 aromatic carbocycles. The summed E-state index contributed by atoms with van der Waals surface area (Å²) in [4.78, 5) is 0. The van der Waals surface area contributed by atoms with Gasteiger partial charge in [0.25, 0.3) is 0 Å². The van der Waals surface area contributed by atoms with Crippen LogP contribution in [0.1, 0.15) is 43.9 Å². The predicted octanol–water partition coefficient (Wildman–Crippen LogP) is 3.58. The van der Waals surface area contributed by atoms with Gasteiger partial charge in [-0.25, -0.2) is 0 Å². The molecule has 2 aromatic rings. The summed E-state index contributed by atoms with van der Waals surface area (Å²) in [6, 6.07) is 11.1. The SMILES string of the molecule is CCCNC(CCc1ccccc1)c1cnn(CC)c1. The van der Waals surface area contributed by atoms with Crippen molar-refractivity contribution in [3.8, 4) is 0 Å². The Morgan fingerprint density at radius 2 is 2.00 bits per heavy atom. The summed E-state index contributed by atoms with van der Waals surface area (Å²) < 4.78 is 2.00. The van der Waals surface area contributed by atoms with E-state index in [-0.39, 0.29) is 0 Å². The maximum absolute atomic E-state index is 4.40. The first kappa shape index (κ1) is 14.8. The summed E-state index contributed by atoms with van der Waals surface area (Å²) in [6.07, 6.45) is 7.53. The van der Waals surface area contributed by atoms with Gasteiger partial charge in [-0.2, -0.15) is 5.10 Å². The molecule has 2 rings (SSSR count). The topological polar surface area (TPSA) is 29.9 Å². The molecule has 0 saturated carbocycles. The Morgan fingerprint density at radius 1 is 1.20 bits per heavy atom. The smallest absolute Gasteiger partial charge is 0.0537 e. The minimum atomic E-state index is 0.399. The van der Waals surface area contributed by atoms with E-state index in [0.717, 1.165) is 32.4 Å². The number of aromatic nitrogens is 2. The van der Waals surface area contributed by atoms with Crippen molar-refractivity contribution in [1.29, 1.82) is 0 Å². The lowest BCUT2D eigenvalue weighted by molar-refractivity contribution is 0.498. The molecule has 1 unspecified atom stereocenters. The van der Waals surface area contributed by atoms with Crippen LogP contribution in [-0.4, -0.2) is 16.3 Å². The Balaban J connectivity index is 1.99. The molecule has 0 bridgehead atoms. The molecule has 0 saturated heterocycles. The summed E-state index contributed by atoms with van der Waals surface area (Å²) in [6.45, 7) is 6.31. The highest BCUT2D eigenvalue weighted by Crippen LogP contribution is 2.19. The second kappa shape index (κ2) is 7.85. The Morgan fingerprint density at radius 3 is 2.65 bits per heavy atom. The molecule has 0 spiro atoms. The van der Waals surface area contributed by atoms with E-state index in [1.165, 1.54) is 11.1 Å². The van der Waals surface area contributed by atoms with E-state index in [1.54, 1.807) is 0 Å². The lowest BCUT2D eigenvalue weighted by Gasteiger charge is -2.17. The van der Waals surface area contributed by atoms with Crippen LogP contribution in [0.15, 0.2) is 42.7 Å². The number of benzene rings is 1. The van der Waals surface area contributed by atoms with Gasteiger partial charge in [0, 0.05) is 24.3 Å². The van der Waals surface area contributed by atoms with Crippen LogP contribution in [0.2, 0.25) is 0 Å². The third-order valence-corrected chi connectivity index (χ3v) is 3.58. The fourth-order valence-electron chi connectivity index (χ4n) is 2.39. The average Bonchev–Trinajstić information content (AvgIpc) is 2.97. The summed E-state index contributed by atoms with van der Waals surface area (Å²) in [5.41, 5.74) is 2.70. The van der Waals surface area contributed by atoms with Crippen molar-refractivity contribution in [1.82, 2.24) is 15.1 Å². The molecule has 0 radical (unpaired) electrons. The van der Waals surface area contributed by atoms with Gasteiger partial charge in [0.15, 0.2) is 0 Å². The second-order valence-corrected chi connectivity index (χ2v) is 5.16. The first-order valence-electron chi connectivity index (χ1n) is 7.63. The van der Waals surface area contributed by atoms with Crippen molar-refractivity contribution in [2.45, 2.75) is 45.7 Å². The van der Waals surface area contributed by atoms with Crippen LogP contribution in [0.25, 0.3) is 0 Å². The van der Waals surface area contributed by atoms with Gasteiger partial charge in [0.05, 0.1) is 6.20 Å². The maximum atomic E-state index is 4.40. The Hall–Kier alpha value is -1.61. The van der Waals surface area contributed by atoms with Gasteiger partial charge in [0.2, 0.25) is 0 Å². The van der Waals surface area contributed by atoms with Crippen LogP contribution in [0.4, 0.5) is 0 Å². The van der Waals surface area contributed by atoms with Gasteiger partial charge in [-0.05, 0) is 38.3 Å². The van der Waals surface area contributed by atoms with Crippen LogP contribution < -0.4 is 5.32 Å². The van der Waals surface area contributed by atoms with E-state index in [2.05, 4.69) is 60.8 Å². The van der Waals surface area contributed by atoms with Gasteiger partial charge in [-0.1, -0.05) is 37.3 Å². The van der Waals surface area contributed by atoms with Crippen molar-refractivity contribution in [3.05, 3.63) is 53.9 Å². The first-order chi connectivity index (χ1) is 9.83. The highest BCUT2D eigenvalue weighted by atomic mass is 15.3. The van der Waals surface area contributed by atoms with Crippen LogP contribution in [-0.2, 0) is 13.0 Å². The summed E-state index contributed by atoms with van der Waals surface area (Å²) in [7, 11) is 0. The Labute approximate surface area is 122 Å². The van der Waals surface area contributed by atoms with E-state index in [9.17, 15) is 0 Å². The molecule has 1 N–H and O–H groups in total. The largest absolute Gasteiger partial charge is 0.310 e. The van der Waals surface area contributed by atoms with Crippen molar-refractivity contribution in [2.24, 2.45) is 0 Å². The molecule has 0 amide bonds. The highest BCUT2D eigenvalue weighted by Gasteiger charge is 2.12. The number of hydrogen-bond acceptors (Lipinski definition) is 2. The quantitative estimate of drug-likeness (QED) is 0.795. The number of nitrogens with zero attached hydrogens (tertiary/aromatic N) is 2. The van der Waals surface area contributed by atoms with E-state index >= 15 is 0 Å². The molecular weight excluding hydrogens is 246 g/mol. The zero-order chi connectivity index (χ0) is 14.2. The summed E-state index contributed by atoms with van der Waals surface area (Å²) in [5, 5.41) is 8.04. The molecule has 0 aliphatic carbocycles. The second-order valence-electron chi connectivity index (χ2n) is 5.16. The third kappa shape index (κ3) is 4.20. The fraction of sp³-hybridized carbons (Fsp3) is 0.471. The zero-order valence-corrected chi connectivity index (χ0v) is 12.5. The van der Waals surface area contributed by atoms with Gasteiger partial charge < -0.3 is 5.32 Å². The van der Waals surface area contributed by atoms with E-state index in [1.807, 2.05) is 10.9 Å². The number of nitrogens with one attached hydrogen (secondary N) is 1. The molecular formula is C17H25N3. The van der Waals surface area contributed by atoms with Crippen LogP contribution in [0.3, 0.4) is 0 Å². The Kier molecular flexibility index (Phi) is 5.81. The Bertz CT molecular complexity index is 490. The first-order valence-corrected chi connectivity index (χ1v) is 7.63. The number of hydrogen-bond donors (Lipinski definition) is 1. The molecule has 20 heavy (non-hydrogen) atoms. The lowest BCUT2D eigenvalue weighted by atomic mass is 10.0. The monoisotopic (exact) mass is 271 g/mol. The molecule has 1 heterocycles. The lowest BCUT2D eigenvalue weighted by Crippen LogP contribution is -2.22. The average molecular weight is 271 g/mol. The van der Waals surface area contributed by atoms with Crippen LogP contribution >= 0.6 is 0 Å². The van der Waals surface area contributed by atoms with Gasteiger partial charge in [-0.3, -0.25) is 4.68 Å². The predicted molar refractivity (Wildman–Crippen MR) is 83.7 cm³/mol. The molecule has 108 valence electrons. The highest BCUT2D eigenvalue weighted by molar-refractivity contribution is 5.16. The minimum absolute atomic E-state index is 0.399.